The van der Waals surface area contributed by atoms with Crippen LogP contribution in [-0.2, 0) is 16.6 Å². The van der Waals surface area contributed by atoms with Crippen molar-refractivity contribution in [1.82, 2.24) is 20.2 Å². The maximum Gasteiger partial charge on any atom is 0.244 e. The predicted molar refractivity (Wildman–Crippen MR) is 76.5 cm³/mol. The third-order valence-corrected chi connectivity index (χ3v) is 4.59. The minimum absolute atomic E-state index is 0.363. The largest absolute Gasteiger partial charge is 0.316 e. The minimum Gasteiger partial charge on any atom is -0.316 e. The molecule has 2 rings (SSSR count). The van der Waals surface area contributed by atoms with E-state index in [0.717, 1.165) is 0 Å². The second-order valence-electron chi connectivity index (χ2n) is 4.67. The molecule has 0 saturated heterocycles. The molecule has 0 radical (unpaired) electrons. The fourth-order valence-electron chi connectivity index (χ4n) is 1.94. The smallest absolute Gasteiger partial charge is 0.244 e. The first-order chi connectivity index (χ1) is 9.94. The second kappa shape index (κ2) is 6.33. The minimum atomic E-state index is -3.94. The highest BCUT2D eigenvalue weighted by molar-refractivity contribution is 7.89. The normalized spacial score (nSPS) is 13.3. The number of halogens is 1. The lowest BCUT2D eigenvalue weighted by atomic mass is 10.2. The predicted octanol–water partition coefficient (Wildman–Crippen LogP) is 1.31. The summed E-state index contributed by atoms with van der Waals surface area (Å²) in [5, 5.41) is 9.24. The van der Waals surface area contributed by atoms with Crippen molar-refractivity contribution in [3.63, 3.8) is 0 Å². The number of aromatic amines is 1. The molecule has 1 unspecified atom stereocenters. The van der Waals surface area contributed by atoms with Crippen molar-refractivity contribution in [2.45, 2.75) is 24.4 Å². The van der Waals surface area contributed by atoms with Crippen molar-refractivity contribution < 1.29 is 12.8 Å². The van der Waals surface area contributed by atoms with Gasteiger partial charge in [0.05, 0.1) is 6.20 Å². The van der Waals surface area contributed by atoms with Gasteiger partial charge in [-0.3, -0.25) is 5.10 Å². The molecule has 0 saturated carbocycles. The summed E-state index contributed by atoms with van der Waals surface area (Å²) in [6.07, 6.45) is 3.10. The SMILES string of the molecule is CNCc1ccc(S(=O)(=O)NC(C)c2cn[nH]c2)c(F)c1. The molecule has 0 amide bonds. The number of H-pyrrole nitrogens is 1. The van der Waals surface area contributed by atoms with E-state index < -0.39 is 21.9 Å². The van der Waals surface area contributed by atoms with E-state index in [0.29, 0.717) is 17.7 Å². The molecule has 1 aromatic carbocycles. The molecule has 0 aliphatic carbocycles. The van der Waals surface area contributed by atoms with Gasteiger partial charge in [0.25, 0.3) is 0 Å². The standard InChI is InChI=1S/C13H17FN4O2S/c1-9(11-7-16-17-8-11)18-21(19,20)13-4-3-10(6-15-2)5-12(13)14/h3-5,7-9,15,18H,6H2,1-2H3,(H,16,17). The molecular weight excluding hydrogens is 295 g/mol. The van der Waals surface area contributed by atoms with Gasteiger partial charge in [-0.25, -0.2) is 17.5 Å². The van der Waals surface area contributed by atoms with E-state index in [1.807, 2.05) is 0 Å². The zero-order valence-corrected chi connectivity index (χ0v) is 12.5. The van der Waals surface area contributed by atoms with E-state index in [1.165, 1.54) is 18.3 Å². The lowest BCUT2D eigenvalue weighted by molar-refractivity contribution is 0.546. The first kappa shape index (κ1) is 15.6. The molecule has 114 valence electrons. The number of rotatable bonds is 6. The molecule has 0 bridgehead atoms. The Morgan fingerprint density at radius 3 is 2.76 bits per heavy atom. The number of hydrogen-bond donors (Lipinski definition) is 3. The van der Waals surface area contributed by atoms with Gasteiger partial charge in [0.15, 0.2) is 0 Å². The van der Waals surface area contributed by atoms with Crippen molar-refractivity contribution in [2.75, 3.05) is 7.05 Å². The van der Waals surface area contributed by atoms with Crippen LogP contribution in [0.2, 0.25) is 0 Å². The maximum atomic E-state index is 14.0. The lowest BCUT2D eigenvalue weighted by Gasteiger charge is -2.13. The maximum absolute atomic E-state index is 14.0. The van der Waals surface area contributed by atoms with Crippen molar-refractivity contribution in [1.29, 1.82) is 0 Å². The van der Waals surface area contributed by atoms with Crippen LogP contribution in [0.15, 0.2) is 35.5 Å². The number of sulfonamides is 1. The molecule has 8 heteroatoms. The van der Waals surface area contributed by atoms with Crippen molar-refractivity contribution in [3.05, 3.63) is 47.5 Å². The Bertz CT molecular complexity index is 701. The third-order valence-electron chi connectivity index (χ3n) is 3.02. The molecule has 3 N–H and O–H groups in total. The molecule has 1 atom stereocenters. The van der Waals surface area contributed by atoms with Crippen LogP contribution < -0.4 is 10.0 Å². The van der Waals surface area contributed by atoms with Crippen LogP contribution in [0.3, 0.4) is 0 Å². The Kier molecular flexibility index (Phi) is 4.71. The summed E-state index contributed by atoms with van der Waals surface area (Å²) in [5.41, 5.74) is 1.35. The molecular formula is C13H17FN4O2S. The van der Waals surface area contributed by atoms with Gasteiger partial charge in [-0.05, 0) is 31.7 Å². The average Bonchev–Trinajstić information content (AvgIpc) is 2.92. The number of benzene rings is 1. The Labute approximate surface area is 122 Å². The molecule has 1 heterocycles. The topological polar surface area (TPSA) is 86.9 Å². The van der Waals surface area contributed by atoms with E-state index >= 15 is 0 Å². The summed E-state index contributed by atoms with van der Waals surface area (Å²) in [6.45, 7) is 2.13. The summed E-state index contributed by atoms with van der Waals surface area (Å²) >= 11 is 0. The van der Waals surface area contributed by atoms with E-state index in [2.05, 4.69) is 20.2 Å². The highest BCUT2D eigenvalue weighted by Crippen LogP contribution is 2.19. The van der Waals surface area contributed by atoms with Gasteiger partial charge in [-0.1, -0.05) is 6.07 Å². The van der Waals surface area contributed by atoms with E-state index in [4.69, 9.17) is 0 Å². The zero-order chi connectivity index (χ0) is 15.5. The summed E-state index contributed by atoms with van der Waals surface area (Å²) < 4.78 is 40.9. The van der Waals surface area contributed by atoms with Crippen LogP contribution >= 0.6 is 0 Å². The van der Waals surface area contributed by atoms with Crippen molar-refractivity contribution in [2.24, 2.45) is 0 Å². The van der Waals surface area contributed by atoms with Crippen LogP contribution in [0.25, 0.3) is 0 Å². The van der Waals surface area contributed by atoms with Crippen molar-refractivity contribution >= 4 is 10.0 Å². The Balaban J connectivity index is 2.23. The first-order valence-electron chi connectivity index (χ1n) is 6.38. The molecule has 21 heavy (non-hydrogen) atoms. The fourth-order valence-corrected chi connectivity index (χ4v) is 3.23. The third kappa shape index (κ3) is 3.66. The highest BCUT2D eigenvalue weighted by Gasteiger charge is 2.22. The zero-order valence-electron chi connectivity index (χ0n) is 11.7. The molecule has 0 aliphatic heterocycles. The van der Waals surface area contributed by atoms with Crippen molar-refractivity contribution in [3.8, 4) is 0 Å². The average molecular weight is 312 g/mol. The van der Waals surface area contributed by atoms with Gasteiger partial charge in [-0.15, -0.1) is 0 Å². The number of nitrogens with zero attached hydrogens (tertiary/aromatic N) is 1. The van der Waals surface area contributed by atoms with Gasteiger partial charge in [0.2, 0.25) is 10.0 Å². The number of nitrogens with one attached hydrogen (secondary N) is 3. The summed E-state index contributed by atoms with van der Waals surface area (Å²) in [7, 11) is -2.20. The molecule has 1 aromatic heterocycles. The summed E-state index contributed by atoms with van der Waals surface area (Å²) in [5.74, 6) is -0.769. The van der Waals surface area contributed by atoms with Gasteiger partial charge in [-0.2, -0.15) is 5.10 Å². The van der Waals surface area contributed by atoms with Gasteiger partial charge < -0.3 is 5.32 Å². The fraction of sp³-hybridized carbons (Fsp3) is 0.308. The number of aromatic nitrogens is 2. The van der Waals surface area contributed by atoms with Gasteiger partial charge in [0, 0.05) is 24.3 Å². The Morgan fingerprint density at radius 1 is 1.43 bits per heavy atom. The summed E-state index contributed by atoms with van der Waals surface area (Å²) in [4.78, 5) is -0.363. The quantitative estimate of drug-likeness (QED) is 0.750. The van der Waals surface area contributed by atoms with Gasteiger partial charge in [0.1, 0.15) is 10.7 Å². The highest BCUT2D eigenvalue weighted by atomic mass is 32.2. The molecule has 2 aromatic rings. The molecule has 6 nitrogen and oxygen atoms in total. The Hall–Kier alpha value is -1.77. The monoisotopic (exact) mass is 312 g/mol. The van der Waals surface area contributed by atoms with Crippen LogP contribution in [0.4, 0.5) is 4.39 Å². The van der Waals surface area contributed by atoms with E-state index in [9.17, 15) is 12.8 Å². The Morgan fingerprint density at radius 2 is 2.19 bits per heavy atom. The van der Waals surface area contributed by atoms with Crippen LogP contribution in [0.1, 0.15) is 24.1 Å². The molecule has 0 fully saturated rings. The second-order valence-corrected chi connectivity index (χ2v) is 6.35. The first-order valence-corrected chi connectivity index (χ1v) is 7.86. The molecule has 0 spiro atoms. The van der Waals surface area contributed by atoms with Crippen LogP contribution in [0, 0.1) is 5.82 Å². The molecule has 0 aliphatic rings. The lowest BCUT2D eigenvalue weighted by Crippen LogP contribution is -2.27. The van der Waals surface area contributed by atoms with E-state index in [1.54, 1.807) is 26.2 Å². The van der Waals surface area contributed by atoms with E-state index in [-0.39, 0.29) is 4.90 Å². The summed E-state index contributed by atoms with van der Waals surface area (Å²) in [6, 6.07) is 3.56. The van der Waals surface area contributed by atoms with Crippen LogP contribution in [-0.4, -0.2) is 25.7 Å². The van der Waals surface area contributed by atoms with Crippen LogP contribution in [0.5, 0.6) is 0 Å². The number of hydrogen-bond acceptors (Lipinski definition) is 4. The van der Waals surface area contributed by atoms with Gasteiger partial charge >= 0.3 is 0 Å².